The fourth-order valence-corrected chi connectivity index (χ4v) is 2.41. The Balaban J connectivity index is 2.04. The van der Waals surface area contributed by atoms with Gasteiger partial charge in [-0.1, -0.05) is 0 Å². The average molecular weight is 237 g/mol. The average Bonchev–Trinajstić information content (AvgIpc) is 2.85. The van der Waals surface area contributed by atoms with Crippen LogP contribution in [0.15, 0.2) is 6.07 Å². The summed E-state index contributed by atoms with van der Waals surface area (Å²) in [5.41, 5.74) is 1.92. The predicted octanol–water partition coefficient (Wildman–Crippen LogP) is 0.483. The topological polar surface area (TPSA) is 58.4 Å². The molecule has 17 heavy (non-hydrogen) atoms. The summed E-state index contributed by atoms with van der Waals surface area (Å²) in [5.74, 6) is 0.0488. The molecule has 0 unspecified atom stereocenters. The Morgan fingerprint density at radius 1 is 1.59 bits per heavy atom. The standard InChI is InChI=1S/C12H19N3O2/c1-9-6-10(2)15(13-9)7-12(17)14-5-3-4-11(14)8-16/h6,11,16H,3-5,7-8H2,1-2H3/t11-/m0/s1. The van der Waals surface area contributed by atoms with Gasteiger partial charge in [0.1, 0.15) is 6.54 Å². The van der Waals surface area contributed by atoms with Crippen molar-refractivity contribution >= 4 is 5.91 Å². The summed E-state index contributed by atoms with van der Waals surface area (Å²) >= 11 is 0. The minimum Gasteiger partial charge on any atom is -0.394 e. The molecule has 1 fully saturated rings. The van der Waals surface area contributed by atoms with Crippen LogP contribution < -0.4 is 0 Å². The SMILES string of the molecule is Cc1cc(C)n(CC(=O)N2CCC[C@H]2CO)n1. The monoisotopic (exact) mass is 237 g/mol. The second kappa shape index (κ2) is 4.87. The molecule has 1 aromatic rings. The van der Waals surface area contributed by atoms with Gasteiger partial charge in [0.05, 0.1) is 18.3 Å². The molecule has 1 aliphatic heterocycles. The van der Waals surface area contributed by atoms with Crippen molar-refractivity contribution in [3.8, 4) is 0 Å². The van der Waals surface area contributed by atoms with Crippen LogP contribution in [-0.4, -0.2) is 44.9 Å². The van der Waals surface area contributed by atoms with E-state index in [2.05, 4.69) is 5.10 Å². The van der Waals surface area contributed by atoms with E-state index >= 15 is 0 Å². The maximum absolute atomic E-state index is 12.1. The minimum absolute atomic E-state index is 0.000495. The molecule has 0 aromatic carbocycles. The van der Waals surface area contributed by atoms with Crippen LogP contribution in [0.1, 0.15) is 24.2 Å². The molecule has 2 heterocycles. The number of aromatic nitrogens is 2. The summed E-state index contributed by atoms with van der Waals surface area (Å²) in [7, 11) is 0. The van der Waals surface area contributed by atoms with Crippen molar-refractivity contribution in [3.63, 3.8) is 0 Å². The van der Waals surface area contributed by atoms with Crippen molar-refractivity contribution in [1.82, 2.24) is 14.7 Å². The molecule has 1 amide bonds. The maximum atomic E-state index is 12.1. The lowest BCUT2D eigenvalue weighted by atomic mass is 10.2. The first-order chi connectivity index (χ1) is 8.11. The Morgan fingerprint density at radius 3 is 2.94 bits per heavy atom. The van der Waals surface area contributed by atoms with Gasteiger partial charge in [0, 0.05) is 12.2 Å². The first-order valence-corrected chi connectivity index (χ1v) is 6.03. The number of hydrogen-bond acceptors (Lipinski definition) is 3. The highest BCUT2D eigenvalue weighted by atomic mass is 16.3. The molecular weight excluding hydrogens is 218 g/mol. The van der Waals surface area contributed by atoms with Crippen molar-refractivity contribution < 1.29 is 9.90 Å². The van der Waals surface area contributed by atoms with Crippen LogP contribution in [0.3, 0.4) is 0 Å². The Hall–Kier alpha value is -1.36. The largest absolute Gasteiger partial charge is 0.394 e. The summed E-state index contributed by atoms with van der Waals surface area (Å²) in [6.45, 7) is 4.95. The lowest BCUT2D eigenvalue weighted by molar-refractivity contribution is -0.133. The van der Waals surface area contributed by atoms with E-state index in [1.165, 1.54) is 0 Å². The molecule has 1 N–H and O–H groups in total. The molecule has 1 saturated heterocycles. The van der Waals surface area contributed by atoms with E-state index in [1.54, 1.807) is 9.58 Å². The Labute approximate surface area is 101 Å². The van der Waals surface area contributed by atoms with Crippen molar-refractivity contribution in [2.45, 2.75) is 39.3 Å². The molecule has 5 heteroatoms. The van der Waals surface area contributed by atoms with Gasteiger partial charge < -0.3 is 10.0 Å². The lowest BCUT2D eigenvalue weighted by Gasteiger charge is -2.23. The van der Waals surface area contributed by atoms with E-state index in [4.69, 9.17) is 0 Å². The van der Waals surface area contributed by atoms with E-state index < -0.39 is 0 Å². The Bertz CT molecular complexity index is 414. The molecule has 0 saturated carbocycles. The van der Waals surface area contributed by atoms with Gasteiger partial charge in [0.2, 0.25) is 5.91 Å². The lowest BCUT2D eigenvalue weighted by Crippen LogP contribution is -2.39. The zero-order chi connectivity index (χ0) is 12.4. The first kappa shape index (κ1) is 12.1. The molecule has 1 aromatic heterocycles. The quantitative estimate of drug-likeness (QED) is 0.832. The van der Waals surface area contributed by atoms with Crippen molar-refractivity contribution in [2.75, 3.05) is 13.2 Å². The molecular formula is C12H19N3O2. The molecule has 1 aliphatic rings. The van der Waals surface area contributed by atoms with Crippen LogP contribution >= 0.6 is 0 Å². The van der Waals surface area contributed by atoms with Gasteiger partial charge in [-0.05, 0) is 32.8 Å². The van der Waals surface area contributed by atoms with E-state index in [0.717, 1.165) is 30.8 Å². The molecule has 94 valence electrons. The van der Waals surface area contributed by atoms with Crippen LogP contribution in [0.5, 0.6) is 0 Å². The molecule has 5 nitrogen and oxygen atoms in total. The van der Waals surface area contributed by atoms with E-state index in [0.29, 0.717) is 0 Å². The van der Waals surface area contributed by atoms with Gasteiger partial charge in [0.25, 0.3) is 0 Å². The fourth-order valence-electron chi connectivity index (χ4n) is 2.41. The highest BCUT2D eigenvalue weighted by Crippen LogP contribution is 2.17. The Morgan fingerprint density at radius 2 is 2.35 bits per heavy atom. The van der Waals surface area contributed by atoms with Gasteiger partial charge in [-0.15, -0.1) is 0 Å². The number of likely N-dealkylation sites (tertiary alicyclic amines) is 1. The van der Waals surface area contributed by atoms with E-state index in [-0.39, 0.29) is 25.1 Å². The highest BCUT2D eigenvalue weighted by Gasteiger charge is 2.28. The molecule has 0 bridgehead atoms. The number of aliphatic hydroxyl groups excluding tert-OH is 1. The summed E-state index contributed by atoms with van der Waals surface area (Å²) in [4.78, 5) is 13.9. The van der Waals surface area contributed by atoms with Gasteiger partial charge in [0.15, 0.2) is 0 Å². The summed E-state index contributed by atoms with van der Waals surface area (Å²) in [6.07, 6.45) is 1.88. The summed E-state index contributed by atoms with van der Waals surface area (Å²) < 4.78 is 1.73. The summed E-state index contributed by atoms with van der Waals surface area (Å²) in [6, 6.07) is 1.96. The van der Waals surface area contributed by atoms with Gasteiger partial charge >= 0.3 is 0 Å². The van der Waals surface area contributed by atoms with E-state index in [1.807, 2.05) is 19.9 Å². The first-order valence-electron chi connectivity index (χ1n) is 6.03. The third kappa shape index (κ3) is 2.49. The zero-order valence-electron chi connectivity index (χ0n) is 10.4. The highest BCUT2D eigenvalue weighted by molar-refractivity contribution is 5.76. The van der Waals surface area contributed by atoms with Crippen molar-refractivity contribution in [2.24, 2.45) is 0 Å². The molecule has 1 atom stereocenters. The number of aliphatic hydroxyl groups is 1. The number of nitrogens with zero attached hydrogens (tertiary/aromatic N) is 3. The van der Waals surface area contributed by atoms with Gasteiger partial charge in [-0.25, -0.2) is 0 Å². The number of rotatable bonds is 3. The van der Waals surface area contributed by atoms with Crippen molar-refractivity contribution in [3.05, 3.63) is 17.5 Å². The smallest absolute Gasteiger partial charge is 0.244 e. The summed E-state index contributed by atoms with van der Waals surface area (Å²) in [5, 5.41) is 13.5. The number of carbonyl (C=O) groups excluding carboxylic acids is 1. The molecule has 0 radical (unpaired) electrons. The number of aryl methyl sites for hydroxylation is 2. The second-order valence-electron chi connectivity index (χ2n) is 4.65. The third-order valence-electron chi connectivity index (χ3n) is 3.30. The normalized spacial score (nSPS) is 19.9. The van der Waals surface area contributed by atoms with Crippen LogP contribution in [-0.2, 0) is 11.3 Å². The maximum Gasteiger partial charge on any atom is 0.244 e. The zero-order valence-corrected chi connectivity index (χ0v) is 10.4. The second-order valence-corrected chi connectivity index (χ2v) is 4.65. The van der Waals surface area contributed by atoms with Crippen LogP contribution in [0, 0.1) is 13.8 Å². The number of hydrogen-bond donors (Lipinski definition) is 1. The minimum atomic E-state index is -0.000495. The third-order valence-corrected chi connectivity index (χ3v) is 3.30. The van der Waals surface area contributed by atoms with Gasteiger partial charge in [-0.2, -0.15) is 5.10 Å². The Kier molecular flexibility index (Phi) is 3.47. The number of carbonyl (C=O) groups is 1. The van der Waals surface area contributed by atoms with E-state index in [9.17, 15) is 9.90 Å². The fraction of sp³-hybridized carbons (Fsp3) is 0.667. The van der Waals surface area contributed by atoms with Crippen LogP contribution in [0.25, 0.3) is 0 Å². The molecule has 0 aliphatic carbocycles. The molecule has 2 rings (SSSR count). The van der Waals surface area contributed by atoms with Crippen LogP contribution in [0.2, 0.25) is 0 Å². The van der Waals surface area contributed by atoms with Crippen LogP contribution in [0.4, 0.5) is 0 Å². The van der Waals surface area contributed by atoms with Gasteiger partial charge in [-0.3, -0.25) is 9.48 Å². The number of amides is 1. The predicted molar refractivity (Wildman–Crippen MR) is 63.5 cm³/mol. The van der Waals surface area contributed by atoms with Crippen molar-refractivity contribution in [1.29, 1.82) is 0 Å². The molecule has 0 spiro atoms.